The Labute approximate surface area is 191 Å². The van der Waals surface area contributed by atoms with Crippen molar-refractivity contribution < 1.29 is 17.7 Å². The molecule has 2 heterocycles. The molecule has 1 aromatic carbocycles. The van der Waals surface area contributed by atoms with E-state index in [1.54, 1.807) is 10.4 Å². The van der Waals surface area contributed by atoms with Gasteiger partial charge in [-0.15, -0.1) is 0 Å². The third kappa shape index (κ3) is 6.07. The van der Waals surface area contributed by atoms with Crippen molar-refractivity contribution in [3.05, 3.63) is 53.4 Å². The molecule has 4 rings (SSSR count). The molecule has 0 unspecified atom stereocenters. The molecule has 0 radical (unpaired) electrons. The van der Waals surface area contributed by atoms with E-state index in [1.165, 1.54) is 5.56 Å². The second-order valence-electron chi connectivity index (χ2n) is 9.48. The van der Waals surface area contributed by atoms with Crippen LogP contribution in [0.5, 0.6) is 0 Å². The van der Waals surface area contributed by atoms with Crippen molar-refractivity contribution in [2.75, 3.05) is 12.3 Å². The van der Waals surface area contributed by atoms with Crippen LogP contribution in [0.25, 0.3) is 0 Å². The standard InChI is InChI=1S/C25H34N2O4S/c1-19-16-21(17-24(28)23-18-25(31-26-23)22-11-12-22)13-14-27(19)32(29,30)15-7-3-6-10-20-8-4-2-5-9-20/h2,4-5,8-9,18-19,21-22H,3,6-7,10-17H2,1H3/t19-,21-/m0/s1. The van der Waals surface area contributed by atoms with Gasteiger partial charge in [0.2, 0.25) is 10.0 Å². The fraction of sp³-hybridized carbons (Fsp3) is 0.600. The number of aryl methyl sites for hydroxylation is 1. The maximum Gasteiger partial charge on any atom is 0.214 e. The number of Topliss-reactive ketones (excluding diaryl/α,β-unsaturated/α-hetero) is 1. The topological polar surface area (TPSA) is 80.5 Å². The van der Waals surface area contributed by atoms with Gasteiger partial charge in [-0.05, 0) is 63.4 Å². The molecule has 0 bridgehead atoms. The minimum Gasteiger partial charge on any atom is -0.360 e. The van der Waals surface area contributed by atoms with Crippen molar-refractivity contribution in [2.24, 2.45) is 5.92 Å². The van der Waals surface area contributed by atoms with Crippen molar-refractivity contribution >= 4 is 15.8 Å². The van der Waals surface area contributed by atoms with E-state index >= 15 is 0 Å². The summed E-state index contributed by atoms with van der Waals surface area (Å²) in [4.78, 5) is 12.6. The van der Waals surface area contributed by atoms with Crippen LogP contribution in [0.15, 0.2) is 40.9 Å². The van der Waals surface area contributed by atoms with E-state index in [1.807, 2.05) is 25.1 Å². The number of hydrogen-bond acceptors (Lipinski definition) is 5. The molecule has 0 amide bonds. The zero-order valence-corrected chi connectivity index (χ0v) is 19.7. The van der Waals surface area contributed by atoms with Crippen molar-refractivity contribution in [3.63, 3.8) is 0 Å². The van der Waals surface area contributed by atoms with Crippen LogP contribution in [0.4, 0.5) is 0 Å². The van der Waals surface area contributed by atoms with Crippen LogP contribution in [0.3, 0.4) is 0 Å². The second-order valence-corrected chi connectivity index (χ2v) is 11.5. The second kappa shape index (κ2) is 10.3. The van der Waals surface area contributed by atoms with Gasteiger partial charge in [-0.1, -0.05) is 41.9 Å². The Morgan fingerprint density at radius 2 is 1.91 bits per heavy atom. The molecule has 0 N–H and O–H groups in total. The molecule has 1 aliphatic carbocycles. The maximum atomic E-state index is 12.9. The maximum absolute atomic E-state index is 12.9. The summed E-state index contributed by atoms with van der Waals surface area (Å²) in [6.07, 6.45) is 7.66. The number of aromatic nitrogens is 1. The van der Waals surface area contributed by atoms with Gasteiger partial charge in [0.1, 0.15) is 11.5 Å². The molecule has 2 atom stereocenters. The van der Waals surface area contributed by atoms with Crippen molar-refractivity contribution in [3.8, 4) is 0 Å². The molecule has 1 aliphatic heterocycles. The van der Waals surface area contributed by atoms with Crippen molar-refractivity contribution in [1.29, 1.82) is 0 Å². The Hall–Kier alpha value is -1.99. The van der Waals surface area contributed by atoms with E-state index in [-0.39, 0.29) is 23.5 Å². The highest BCUT2D eigenvalue weighted by atomic mass is 32.2. The Morgan fingerprint density at radius 1 is 1.12 bits per heavy atom. The Kier molecular flexibility index (Phi) is 7.46. The van der Waals surface area contributed by atoms with Gasteiger partial charge in [0, 0.05) is 31.0 Å². The summed E-state index contributed by atoms with van der Waals surface area (Å²) < 4.78 is 32.7. The number of unbranched alkanes of at least 4 members (excludes halogenated alkanes) is 2. The number of rotatable bonds is 11. The number of piperidine rings is 1. The average Bonchev–Trinajstić information content (AvgIpc) is 3.50. The van der Waals surface area contributed by atoms with Gasteiger partial charge >= 0.3 is 0 Å². The number of carbonyl (C=O) groups is 1. The smallest absolute Gasteiger partial charge is 0.214 e. The molecule has 1 saturated carbocycles. The lowest BCUT2D eigenvalue weighted by atomic mass is 9.88. The quantitative estimate of drug-likeness (QED) is 0.351. The van der Waals surface area contributed by atoms with Gasteiger partial charge < -0.3 is 4.52 Å². The molecule has 0 spiro atoms. The lowest BCUT2D eigenvalue weighted by Crippen LogP contribution is -2.45. The first kappa shape index (κ1) is 23.2. The Bertz CT molecular complexity index is 998. The summed E-state index contributed by atoms with van der Waals surface area (Å²) in [7, 11) is -3.26. The summed E-state index contributed by atoms with van der Waals surface area (Å²) >= 11 is 0. The monoisotopic (exact) mass is 458 g/mol. The normalized spacial score (nSPS) is 22.2. The highest BCUT2D eigenvalue weighted by Gasteiger charge is 2.34. The number of benzene rings is 1. The molecule has 7 heteroatoms. The first-order valence-electron chi connectivity index (χ1n) is 12.0. The zero-order chi connectivity index (χ0) is 22.6. The van der Waals surface area contributed by atoms with Crippen LogP contribution in [0.2, 0.25) is 0 Å². The van der Waals surface area contributed by atoms with Crippen LogP contribution in [0.1, 0.15) is 86.0 Å². The summed E-state index contributed by atoms with van der Waals surface area (Å²) in [5.41, 5.74) is 1.72. The average molecular weight is 459 g/mol. The van der Waals surface area contributed by atoms with E-state index in [9.17, 15) is 13.2 Å². The van der Waals surface area contributed by atoms with Gasteiger partial charge in [-0.3, -0.25) is 4.79 Å². The molecule has 2 fully saturated rings. The molecule has 174 valence electrons. The third-order valence-electron chi connectivity index (χ3n) is 6.76. The highest BCUT2D eigenvalue weighted by Crippen LogP contribution is 2.40. The minimum absolute atomic E-state index is 0.00701. The van der Waals surface area contributed by atoms with Crippen LogP contribution in [-0.4, -0.2) is 42.0 Å². The molecule has 2 aromatic rings. The Morgan fingerprint density at radius 3 is 2.62 bits per heavy atom. The van der Waals surface area contributed by atoms with E-state index in [2.05, 4.69) is 17.3 Å². The molecular weight excluding hydrogens is 424 g/mol. The summed E-state index contributed by atoms with van der Waals surface area (Å²) in [6, 6.07) is 12.0. The lowest BCUT2D eigenvalue weighted by molar-refractivity contribution is 0.0923. The van der Waals surface area contributed by atoms with E-state index in [0.29, 0.717) is 37.4 Å². The number of hydrogen-bond donors (Lipinski definition) is 0. The van der Waals surface area contributed by atoms with Gasteiger partial charge in [-0.2, -0.15) is 4.31 Å². The van der Waals surface area contributed by atoms with Crippen LogP contribution < -0.4 is 0 Å². The first-order chi connectivity index (χ1) is 15.4. The van der Waals surface area contributed by atoms with E-state index < -0.39 is 10.0 Å². The van der Waals surface area contributed by atoms with Crippen LogP contribution >= 0.6 is 0 Å². The molecule has 6 nitrogen and oxygen atoms in total. The number of ketones is 1. The summed E-state index contributed by atoms with van der Waals surface area (Å²) in [6.45, 7) is 2.46. The zero-order valence-electron chi connectivity index (χ0n) is 18.9. The van der Waals surface area contributed by atoms with Crippen LogP contribution in [-0.2, 0) is 16.4 Å². The van der Waals surface area contributed by atoms with Gasteiger partial charge in [0.05, 0.1) is 5.75 Å². The lowest BCUT2D eigenvalue weighted by Gasteiger charge is -2.36. The Balaban J connectivity index is 1.20. The van der Waals surface area contributed by atoms with Crippen LogP contribution in [0, 0.1) is 5.92 Å². The molecule has 1 aromatic heterocycles. The molecular formula is C25H34N2O4S. The molecule has 1 saturated heterocycles. The number of carbonyl (C=O) groups excluding carboxylic acids is 1. The predicted octanol–water partition coefficient (Wildman–Crippen LogP) is 4.97. The third-order valence-corrected chi connectivity index (χ3v) is 8.82. The van der Waals surface area contributed by atoms with E-state index in [0.717, 1.165) is 44.3 Å². The van der Waals surface area contributed by atoms with Gasteiger partial charge in [-0.25, -0.2) is 8.42 Å². The largest absolute Gasteiger partial charge is 0.360 e. The first-order valence-corrected chi connectivity index (χ1v) is 13.6. The predicted molar refractivity (Wildman–Crippen MR) is 124 cm³/mol. The van der Waals surface area contributed by atoms with Gasteiger partial charge in [0.15, 0.2) is 5.78 Å². The van der Waals surface area contributed by atoms with Gasteiger partial charge in [0.25, 0.3) is 0 Å². The number of nitrogens with zero attached hydrogens (tertiary/aromatic N) is 2. The van der Waals surface area contributed by atoms with Crippen molar-refractivity contribution in [2.45, 2.75) is 76.7 Å². The van der Waals surface area contributed by atoms with Crippen molar-refractivity contribution in [1.82, 2.24) is 9.46 Å². The fourth-order valence-corrected chi connectivity index (χ4v) is 6.57. The number of sulfonamides is 1. The minimum atomic E-state index is -3.26. The molecule has 2 aliphatic rings. The fourth-order valence-electron chi connectivity index (χ4n) is 4.75. The van der Waals surface area contributed by atoms with E-state index in [4.69, 9.17) is 4.52 Å². The summed E-state index contributed by atoms with van der Waals surface area (Å²) in [5.74, 6) is 1.67. The highest BCUT2D eigenvalue weighted by molar-refractivity contribution is 7.89. The summed E-state index contributed by atoms with van der Waals surface area (Å²) in [5, 5.41) is 3.95. The SMILES string of the molecule is C[C@H]1C[C@@H](CC(=O)c2cc(C3CC3)on2)CCN1S(=O)(=O)CCCCCc1ccccc1. The molecule has 32 heavy (non-hydrogen) atoms.